The summed E-state index contributed by atoms with van der Waals surface area (Å²) in [4.78, 5) is 57.1. The van der Waals surface area contributed by atoms with E-state index in [0.29, 0.717) is 64.2 Å². The first kappa shape index (κ1) is 47.2. The molecule has 4 N–H and O–H groups in total. The van der Waals surface area contributed by atoms with Gasteiger partial charge in [-0.1, -0.05) is 51.0 Å². The molecule has 0 spiro atoms. The summed E-state index contributed by atoms with van der Waals surface area (Å²) in [6.07, 6.45) is 9.86. The van der Waals surface area contributed by atoms with E-state index in [1.165, 1.54) is 0 Å². The molecule has 1 unspecified atom stereocenters. The predicted molar refractivity (Wildman–Crippen MR) is 192 cm³/mol. The van der Waals surface area contributed by atoms with Crippen LogP contribution < -0.4 is 0 Å². The van der Waals surface area contributed by atoms with Crippen molar-refractivity contribution in [2.75, 3.05) is 0 Å². The van der Waals surface area contributed by atoms with Crippen LogP contribution in [0.2, 0.25) is 0 Å². The zero-order valence-corrected chi connectivity index (χ0v) is 31.7. The number of ketones is 3. The second-order valence-electron chi connectivity index (χ2n) is 15.0. The van der Waals surface area contributed by atoms with E-state index in [4.69, 9.17) is 14.9 Å². The minimum Gasteiger partial charge on any atom is -0.481 e. The molecule has 1 heterocycles. The maximum atomic E-state index is 14.4. The third-order valence-electron chi connectivity index (χ3n) is 10.8. The van der Waals surface area contributed by atoms with E-state index >= 15 is 0 Å². The van der Waals surface area contributed by atoms with Crippen molar-refractivity contribution in [1.29, 1.82) is 0 Å². The smallest absolute Gasteiger partial charge is 0.305 e. The summed E-state index contributed by atoms with van der Waals surface area (Å²) in [5.41, 5.74) is 0. The van der Waals surface area contributed by atoms with E-state index in [-0.39, 0.29) is 74.8 Å². The zero-order valence-electron chi connectivity index (χ0n) is 31.7. The van der Waals surface area contributed by atoms with Gasteiger partial charge in [-0.15, -0.1) is 0 Å². The number of hydrogen-bond acceptors (Lipinski definition) is 8. The Balaban J connectivity index is 0.000000373. The molecule has 14 heteroatoms. The van der Waals surface area contributed by atoms with Crippen molar-refractivity contribution in [2.24, 2.45) is 23.7 Å². The Hall–Kier alpha value is -2.97. The van der Waals surface area contributed by atoms with Crippen LogP contribution in [0.5, 0.6) is 0 Å². The highest BCUT2D eigenvalue weighted by atomic mass is 19.3. The lowest BCUT2D eigenvalue weighted by Crippen LogP contribution is -2.55. The number of aliphatic hydroxyl groups excluding tert-OH is 1. The first-order valence-corrected chi connectivity index (χ1v) is 19.5. The lowest BCUT2D eigenvalue weighted by Gasteiger charge is -2.43. The molecule has 3 aliphatic rings. The SMILES string of the molecule is CCCCC(F)(F)C(=O)CC[C@H]1[C@H](O)CC(=O)[C@@H]1C/C=C\CCCC(=O)O.CCCCC(F)(F)C1(O)CC[C@H]2[C@@H](CC(=O)[C@@H]2C/C=C\CCCC(=O)O)O1. The van der Waals surface area contributed by atoms with Gasteiger partial charge in [-0.2, -0.15) is 8.78 Å². The van der Waals surface area contributed by atoms with Crippen molar-refractivity contribution in [3.63, 3.8) is 0 Å². The van der Waals surface area contributed by atoms with Crippen LogP contribution in [-0.4, -0.2) is 79.6 Å². The van der Waals surface area contributed by atoms with Gasteiger partial charge in [-0.05, 0) is 76.0 Å². The zero-order chi connectivity index (χ0) is 40.5. The Kier molecular flexibility index (Phi) is 19.7. The number of unbranched alkanes of at least 4 members (excludes halogenated alkanes) is 4. The highest BCUT2D eigenvalue weighted by molar-refractivity contribution is 5.87. The fraction of sp³-hybridized carbons (Fsp3) is 0.775. The van der Waals surface area contributed by atoms with Crippen LogP contribution >= 0.6 is 0 Å². The topological polar surface area (TPSA) is 175 Å². The van der Waals surface area contributed by atoms with Gasteiger partial charge in [0.15, 0.2) is 0 Å². The molecule has 2 aliphatic carbocycles. The van der Waals surface area contributed by atoms with Crippen molar-refractivity contribution < 1.29 is 66.7 Å². The summed E-state index contributed by atoms with van der Waals surface area (Å²) >= 11 is 0. The van der Waals surface area contributed by atoms with Crippen LogP contribution in [0.15, 0.2) is 24.3 Å². The van der Waals surface area contributed by atoms with Crippen molar-refractivity contribution >= 4 is 29.3 Å². The summed E-state index contributed by atoms with van der Waals surface area (Å²) in [6, 6.07) is 0. The Labute approximate surface area is 315 Å². The van der Waals surface area contributed by atoms with E-state index < -0.39 is 72.2 Å². The Morgan fingerprint density at radius 3 is 1.89 bits per heavy atom. The number of Topliss-reactive ketones (excluding diaryl/α,β-unsaturated/α-hetero) is 3. The molecule has 0 aromatic rings. The molecular formula is C40H60F4O10. The number of carbonyl (C=O) groups is 5. The summed E-state index contributed by atoms with van der Waals surface area (Å²) < 4.78 is 61.8. The summed E-state index contributed by atoms with van der Waals surface area (Å²) in [7, 11) is 0. The normalized spacial score (nSPS) is 27.3. The molecule has 308 valence electrons. The predicted octanol–water partition coefficient (Wildman–Crippen LogP) is 8.01. The molecule has 3 rings (SSSR count). The van der Waals surface area contributed by atoms with Gasteiger partial charge in [0.2, 0.25) is 11.6 Å². The number of carbonyl (C=O) groups excluding carboxylic acids is 3. The Bertz CT molecular complexity index is 1300. The van der Waals surface area contributed by atoms with Crippen LogP contribution in [0.3, 0.4) is 0 Å². The van der Waals surface area contributed by atoms with Crippen LogP contribution in [0.25, 0.3) is 0 Å². The Morgan fingerprint density at radius 2 is 1.33 bits per heavy atom. The molecular weight excluding hydrogens is 716 g/mol. The molecule has 54 heavy (non-hydrogen) atoms. The molecule has 0 bridgehead atoms. The molecule has 1 aliphatic heterocycles. The summed E-state index contributed by atoms with van der Waals surface area (Å²) in [5, 5.41) is 37.7. The van der Waals surface area contributed by atoms with Gasteiger partial charge in [-0.3, -0.25) is 24.0 Å². The number of rotatable bonds is 23. The number of hydrogen-bond donors (Lipinski definition) is 4. The van der Waals surface area contributed by atoms with Crippen LogP contribution in [0.4, 0.5) is 17.6 Å². The molecule has 7 atom stereocenters. The fourth-order valence-electron chi connectivity index (χ4n) is 7.55. The van der Waals surface area contributed by atoms with E-state index in [9.17, 15) is 51.7 Å². The minimum absolute atomic E-state index is 0.0113. The number of alkyl halides is 4. The molecule has 0 amide bonds. The second-order valence-corrected chi connectivity index (χ2v) is 15.0. The van der Waals surface area contributed by atoms with Crippen LogP contribution in [0, 0.1) is 23.7 Å². The van der Waals surface area contributed by atoms with Crippen LogP contribution in [-0.2, 0) is 28.7 Å². The highest BCUT2D eigenvalue weighted by Crippen LogP contribution is 2.49. The highest BCUT2D eigenvalue weighted by Gasteiger charge is 2.60. The van der Waals surface area contributed by atoms with E-state index in [0.717, 1.165) is 0 Å². The fourth-order valence-corrected chi connectivity index (χ4v) is 7.55. The quantitative estimate of drug-likeness (QED) is 0.0452. The van der Waals surface area contributed by atoms with E-state index in [1.54, 1.807) is 19.1 Å². The number of carboxylic acids is 2. The molecule has 3 fully saturated rings. The molecule has 0 aromatic heterocycles. The maximum absolute atomic E-state index is 14.4. The first-order valence-electron chi connectivity index (χ1n) is 19.5. The number of carboxylic acid groups (broad SMARTS) is 2. The number of aliphatic hydroxyl groups is 2. The lowest BCUT2D eigenvalue weighted by molar-refractivity contribution is -0.356. The summed E-state index contributed by atoms with van der Waals surface area (Å²) in [6.45, 7) is 3.59. The summed E-state index contributed by atoms with van der Waals surface area (Å²) in [5.74, 6) is -13.5. The van der Waals surface area contributed by atoms with Gasteiger partial charge in [-0.25, -0.2) is 8.78 Å². The average Bonchev–Trinajstić information content (AvgIpc) is 3.55. The Morgan fingerprint density at radius 1 is 0.796 bits per heavy atom. The van der Waals surface area contributed by atoms with E-state index in [1.807, 2.05) is 19.1 Å². The minimum atomic E-state index is -3.34. The lowest BCUT2D eigenvalue weighted by atomic mass is 9.82. The van der Waals surface area contributed by atoms with Gasteiger partial charge in [0.25, 0.3) is 0 Å². The standard InChI is InChI=1S/2C20H30F2O5/c1-2-3-11-19(21,22)20(26)12-10-15-14(16(23)13-17(15)27-20)8-6-4-5-7-9-18(24)25;1-2-3-12-20(21,22)18(25)11-10-15-14(16(23)13-17(15)24)8-6-4-5-7-9-19(26)27/h4,6,14-15,17,26H,2-3,5,7-13H2,1H3,(H,24,25);4,6,14-15,17,24H,2-3,5,7-13H2,1H3,(H,26,27)/b2*6-4-/t14-,15-,17-,20?;14-,15-,17-/m11/s1. The maximum Gasteiger partial charge on any atom is 0.305 e. The number of halogens is 4. The monoisotopic (exact) mass is 776 g/mol. The number of aliphatic carboxylic acids is 2. The number of ether oxygens (including phenoxy) is 1. The van der Waals surface area contributed by atoms with Crippen molar-refractivity contribution in [3.05, 3.63) is 24.3 Å². The van der Waals surface area contributed by atoms with Gasteiger partial charge in [0.1, 0.15) is 11.6 Å². The average molecular weight is 777 g/mol. The third-order valence-corrected chi connectivity index (χ3v) is 10.8. The van der Waals surface area contributed by atoms with Gasteiger partial charge in [0, 0.05) is 63.2 Å². The molecule has 0 aromatic carbocycles. The molecule has 0 radical (unpaired) electrons. The first-order chi connectivity index (χ1) is 25.4. The van der Waals surface area contributed by atoms with Gasteiger partial charge in [0.05, 0.1) is 12.2 Å². The van der Waals surface area contributed by atoms with Crippen LogP contribution in [0.1, 0.15) is 142 Å². The van der Waals surface area contributed by atoms with Gasteiger partial charge >= 0.3 is 23.8 Å². The molecule has 1 saturated heterocycles. The number of fused-ring (bicyclic) bond motifs is 1. The molecule has 2 saturated carbocycles. The second kappa shape index (κ2) is 22.6. The van der Waals surface area contributed by atoms with Crippen molar-refractivity contribution in [2.45, 2.75) is 172 Å². The van der Waals surface area contributed by atoms with Gasteiger partial charge < -0.3 is 25.2 Å². The number of allylic oxidation sites excluding steroid dienone is 4. The van der Waals surface area contributed by atoms with E-state index in [2.05, 4.69) is 0 Å². The van der Waals surface area contributed by atoms with Crippen molar-refractivity contribution in [1.82, 2.24) is 0 Å². The third kappa shape index (κ3) is 14.6. The van der Waals surface area contributed by atoms with Crippen molar-refractivity contribution in [3.8, 4) is 0 Å². The largest absolute Gasteiger partial charge is 0.481 e. The molecule has 10 nitrogen and oxygen atoms in total.